The average Bonchev–Trinajstić information content (AvgIpc) is 2.76. The lowest BCUT2D eigenvalue weighted by Gasteiger charge is -2.29. The first-order valence-corrected chi connectivity index (χ1v) is 9.65. The highest BCUT2D eigenvalue weighted by Gasteiger charge is 2.33. The van der Waals surface area contributed by atoms with Gasteiger partial charge in [-0.3, -0.25) is 9.36 Å². The van der Waals surface area contributed by atoms with E-state index >= 15 is 0 Å². The van der Waals surface area contributed by atoms with Crippen molar-refractivity contribution in [3.63, 3.8) is 0 Å². The zero-order chi connectivity index (χ0) is 22.0. The highest BCUT2D eigenvalue weighted by Crippen LogP contribution is 2.28. The van der Waals surface area contributed by atoms with E-state index in [1.807, 2.05) is 6.07 Å². The van der Waals surface area contributed by atoms with Gasteiger partial charge < -0.3 is 15.4 Å². The topological polar surface area (TPSA) is 102 Å². The van der Waals surface area contributed by atoms with Gasteiger partial charge >= 0.3 is 12.0 Å². The summed E-state index contributed by atoms with van der Waals surface area (Å²) >= 11 is 0. The molecule has 158 valence electrons. The fourth-order valence-corrected chi connectivity index (χ4v) is 3.50. The smallest absolute Gasteiger partial charge is 0.338 e. The lowest BCUT2D eigenvalue weighted by molar-refractivity contribution is -0.139. The standard InChI is InChI=1S/C22H19FN4O4/c1-2-31-21(29)18-17(25-22(30)26-19(18)13-6-4-3-5-7-13)11-27-12-24-16-10-14(23)8-9-15(16)20(27)28/h3-10,12,19H,2,11H2,1H3,(H2,25,26,30). The number of rotatable bonds is 5. The zero-order valence-electron chi connectivity index (χ0n) is 16.6. The number of aromatic nitrogens is 2. The number of fused-ring (bicyclic) bond motifs is 1. The molecule has 0 bridgehead atoms. The number of hydrogen-bond donors (Lipinski definition) is 2. The largest absolute Gasteiger partial charge is 0.463 e. The lowest BCUT2D eigenvalue weighted by atomic mass is 9.95. The number of carbonyl (C=O) groups is 2. The summed E-state index contributed by atoms with van der Waals surface area (Å²) in [5.41, 5.74) is 0.902. The molecule has 2 amide bonds. The van der Waals surface area contributed by atoms with E-state index in [2.05, 4.69) is 15.6 Å². The Bertz CT molecular complexity index is 1250. The molecule has 0 fully saturated rings. The van der Waals surface area contributed by atoms with Crippen LogP contribution in [0.4, 0.5) is 9.18 Å². The van der Waals surface area contributed by atoms with E-state index in [1.165, 1.54) is 29.1 Å². The number of ether oxygens (including phenoxy) is 1. The van der Waals surface area contributed by atoms with E-state index in [4.69, 9.17) is 4.74 Å². The number of benzene rings is 2. The number of hydrogen-bond acceptors (Lipinski definition) is 5. The van der Waals surface area contributed by atoms with E-state index in [9.17, 15) is 18.8 Å². The fourth-order valence-electron chi connectivity index (χ4n) is 3.50. The summed E-state index contributed by atoms with van der Waals surface area (Å²) in [5, 5.41) is 5.58. The number of nitrogens with one attached hydrogen (secondary N) is 2. The van der Waals surface area contributed by atoms with Crippen molar-refractivity contribution in [2.75, 3.05) is 6.61 Å². The predicted octanol–water partition coefficient (Wildman–Crippen LogP) is 2.41. The molecule has 0 saturated carbocycles. The number of esters is 1. The molecule has 8 nitrogen and oxygen atoms in total. The van der Waals surface area contributed by atoms with Gasteiger partial charge in [-0.1, -0.05) is 30.3 Å². The first-order chi connectivity index (χ1) is 15.0. The molecule has 1 aliphatic rings. The molecule has 2 N–H and O–H groups in total. The summed E-state index contributed by atoms with van der Waals surface area (Å²) in [6.07, 6.45) is 1.26. The maximum absolute atomic E-state index is 13.4. The van der Waals surface area contributed by atoms with Crippen molar-refractivity contribution in [3.05, 3.63) is 87.9 Å². The molecule has 0 spiro atoms. The van der Waals surface area contributed by atoms with Crippen LogP contribution >= 0.6 is 0 Å². The van der Waals surface area contributed by atoms with Crippen molar-refractivity contribution in [1.82, 2.24) is 20.2 Å². The average molecular weight is 422 g/mol. The van der Waals surface area contributed by atoms with Gasteiger partial charge in [0.05, 0.1) is 47.7 Å². The Morgan fingerprint density at radius 2 is 1.97 bits per heavy atom. The summed E-state index contributed by atoms with van der Waals surface area (Å²) in [6.45, 7) is 1.71. The highest BCUT2D eigenvalue weighted by atomic mass is 19.1. The quantitative estimate of drug-likeness (QED) is 0.615. The number of halogens is 1. The van der Waals surface area contributed by atoms with Gasteiger partial charge in [-0.25, -0.2) is 19.0 Å². The maximum atomic E-state index is 13.4. The van der Waals surface area contributed by atoms with Crippen LogP contribution < -0.4 is 16.2 Å². The third-order valence-corrected chi connectivity index (χ3v) is 4.90. The van der Waals surface area contributed by atoms with E-state index < -0.39 is 29.4 Å². The second-order valence-electron chi connectivity index (χ2n) is 6.89. The number of amides is 2. The molecule has 0 saturated heterocycles. The molecule has 0 aliphatic carbocycles. The molecule has 2 aromatic carbocycles. The van der Waals surface area contributed by atoms with Crippen molar-refractivity contribution in [3.8, 4) is 0 Å². The SMILES string of the molecule is CCOC(=O)C1=C(Cn2cnc3cc(F)ccc3c2=O)NC(=O)NC1c1ccccc1. The third kappa shape index (κ3) is 4.02. The normalized spacial score (nSPS) is 16.1. The van der Waals surface area contributed by atoms with Crippen molar-refractivity contribution < 1.29 is 18.7 Å². The minimum Gasteiger partial charge on any atom is -0.463 e. The van der Waals surface area contributed by atoms with E-state index in [-0.39, 0.29) is 35.3 Å². The monoisotopic (exact) mass is 422 g/mol. The molecule has 1 aromatic heterocycles. The number of urea groups is 1. The number of carbonyl (C=O) groups excluding carboxylic acids is 2. The van der Waals surface area contributed by atoms with Gasteiger partial charge in [0.15, 0.2) is 0 Å². The highest BCUT2D eigenvalue weighted by molar-refractivity contribution is 5.95. The minimum atomic E-state index is -0.748. The Labute approximate surface area is 176 Å². The van der Waals surface area contributed by atoms with Gasteiger partial charge in [-0.05, 0) is 24.6 Å². The number of nitrogens with zero attached hydrogens (tertiary/aromatic N) is 2. The fraction of sp³-hybridized carbons (Fsp3) is 0.182. The molecular weight excluding hydrogens is 403 g/mol. The molecule has 1 aliphatic heterocycles. The van der Waals surface area contributed by atoms with Gasteiger partial charge in [0.2, 0.25) is 0 Å². The van der Waals surface area contributed by atoms with Crippen LogP contribution in [0.1, 0.15) is 18.5 Å². The number of allylic oxidation sites excluding steroid dienone is 1. The third-order valence-electron chi connectivity index (χ3n) is 4.90. The summed E-state index contributed by atoms with van der Waals surface area (Å²) < 4.78 is 19.9. The Morgan fingerprint density at radius 3 is 2.71 bits per heavy atom. The van der Waals surface area contributed by atoms with Crippen molar-refractivity contribution in [2.24, 2.45) is 0 Å². The molecule has 9 heteroatoms. The van der Waals surface area contributed by atoms with E-state index in [0.29, 0.717) is 5.56 Å². The minimum absolute atomic E-state index is 0.121. The van der Waals surface area contributed by atoms with Crippen molar-refractivity contribution in [2.45, 2.75) is 19.5 Å². The van der Waals surface area contributed by atoms with Crippen LogP contribution in [0.25, 0.3) is 10.9 Å². The Morgan fingerprint density at radius 1 is 1.19 bits per heavy atom. The first-order valence-electron chi connectivity index (χ1n) is 9.65. The molecule has 31 heavy (non-hydrogen) atoms. The maximum Gasteiger partial charge on any atom is 0.338 e. The molecule has 4 rings (SSSR count). The van der Waals surface area contributed by atoms with Crippen LogP contribution in [0.5, 0.6) is 0 Å². The van der Waals surface area contributed by atoms with Crippen molar-refractivity contribution >= 4 is 22.9 Å². The van der Waals surface area contributed by atoms with Crippen molar-refractivity contribution in [1.29, 1.82) is 0 Å². The van der Waals surface area contributed by atoms with E-state index in [0.717, 1.165) is 0 Å². The van der Waals surface area contributed by atoms with Crippen LogP contribution in [-0.2, 0) is 16.1 Å². The van der Waals surface area contributed by atoms with Crippen LogP contribution in [0.15, 0.2) is 70.9 Å². The molecular formula is C22H19FN4O4. The van der Waals surface area contributed by atoms with Gasteiger partial charge in [0.25, 0.3) is 5.56 Å². The zero-order valence-corrected chi connectivity index (χ0v) is 16.6. The van der Waals surface area contributed by atoms with Crippen LogP contribution in [-0.4, -0.2) is 28.2 Å². The molecule has 1 unspecified atom stereocenters. The van der Waals surface area contributed by atoms with Gasteiger partial charge in [0, 0.05) is 6.07 Å². The summed E-state index contributed by atoms with van der Waals surface area (Å²) in [4.78, 5) is 42.2. The van der Waals surface area contributed by atoms with E-state index in [1.54, 1.807) is 31.2 Å². The summed E-state index contributed by atoms with van der Waals surface area (Å²) in [5.74, 6) is -1.11. The van der Waals surface area contributed by atoms with Crippen LogP contribution in [0, 0.1) is 5.82 Å². The van der Waals surface area contributed by atoms with Gasteiger partial charge in [-0.2, -0.15) is 0 Å². The predicted molar refractivity (Wildman–Crippen MR) is 110 cm³/mol. The van der Waals surface area contributed by atoms with Gasteiger partial charge in [-0.15, -0.1) is 0 Å². The summed E-state index contributed by atoms with van der Waals surface area (Å²) in [6, 6.07) is 11.4. The Balaban J connectivity index is 1.82. The van der Waals surface area contributed by atoms with Gasteiger partial charge in [0.1, 0.15) is 5.82 Å². The van der Waals surface area contributed by atoms with Crippen LogP contribution in [0.2, 0.25) is 0 Å². The molecule has 2 heterocycles. The Hall–Kier alpha value is -4.01. The Kier molecular flexibility index (Phi) is 5.48. The lowest BCUT2D eigenvalue weighted by Crippen LogP contribution is -2.47. The molecule has 1 atom stereocenters. The second kappa shape index (κ2) is 8.39. The molecule has 0 radical (unpaired) electrons. The summed E-state index contributed by atoms with van der Waals surface area (Å²) in [7, 11) is 0. The van der Waals surface area contributed by atoms with Crippen LogP contribution in [0.3, 0.4) is 0 Å². The first kappa shape index (κ1) is 20.3. The molecule has 3 aromatic rings. The second-order valence-corrected chi connectivity index (χ2v) is 6.89.